The highest BCUT2D eigenvalue weighted by Crippen LogP contribution is 2.27. The Morgan fingerprint density at radius 2 is 1.84 bits per heavy atom. The van der Waals surface area contributed by atoms with Gasteiger partial charge in [0.1, 0.15) is 5.82 Å². The molecule has 0 spiro atoms. The molecular formula is C15H14FN3. The van der Waals surface area contributed by atoms with Gasteiger partial charge in [0.15, 0.2) is 5.96 Å². The number of para-hydroxylation sites is 1. The lowest BCUT2D eigenvalue weighted by molar-refractivity contribution is 0.628. The van der Waals surface area contributed by atoms with Gasteiger partial charge in [0.05, 0.1) is 6.54 Å². The van der Waals surface area contributed by atoms with Crippen molar-refractivity contribution < 1.29 is 4.39 Å². The number of rotatable bonds is 2. The number of halogens is 1. The summed E-state index contributed by atoms with van der Waals surface area (Å²) in [6, 6.07) is 14.4. The van der Waals surface area contributed by atoms with Crippen molar-refractivity contribution in [3.63, 3.8) is 0 Å². The lowest BCUT2D eigenvalue weighted by Crippen LogP contribution is -2.26. The molecule has 1 aliphatic heterocycles. The molecule has 0 aliphatic carbocycles. The zero-order chi connectivity index (χ0) is 13.1. The molecule has 2 aromatic rings. The van der Waals surface area contributed by atoms with Crippen molar-refractivity contribution in [2.75, 3.05) is 18.4 Å². The quantitative estimate of drug-likeness (QED) is 0.865. The van der Waals surface area contributed by atoms with E-state index in [1.165, 1.54) is 12.1 Å². The lowest BCUT2D eigenvalue weighted by Gasteiger charge is -2.12. The van der Waals surface area contributed by atoms with Crippen molar-refractivity contribution in [3.05, 3.63) is 54.3 Å². The third-order valence-corrected chi connectivity index (χ3v) is 3.01. The molecular weight excluding hydrogens is 241 g/mol. The van der Waals surface area contributed by atoms with Crippen LogP contribution in [0, 0.1) is 5.82 Å². The van der Waals surface area contributed by atoms with Gasteiger partial charge in [0.25, 0.3) is 0 Å². The molecule has 0 saturated carbocycles. The summed E-state index contributed by atoms with van der Waals surface area (Å²) in [5.74, 6) is 0.561. The number of hydrogen-bond donors (Lipinski definition) is 2. The van der Waals surface area contributed by atoms with Crippen molar-refractivity contribution >= 4 is 11.6 Å². The van der Waals surface area contributed by atoms with Gasteiger partial charge in [-0.3, -0.25) is 4.99 Å². The van der Waals surface area contributed by atoms with Crippen LogP contribution in [0.3, 0.4) is 0 Å². The van der Waals surface area contributed by atoms with E-state index >= 15 is 0 Å². The molecule has 0 amide bonds. The van der Waals surface area contributed by atoms with Crippen molar-refractivity contribution in [2.24, 2.45) is 4.99 Å². The molecule has 0 atom stereocenters. The topological polar surface area (TPSA) is 36.4 Å². The first-order chi connectivity index (χ1) is 9.33. The molecule has 2 aromatic carbocycles. The summed E-state index contributed by atoms with van der Waals surface area (Å²) in [7, 11) is 0. The van der Waals surface area contributed by atoms with E-state index in [1.54, 1.807) is 12.1 Å². The van der Waals surface area contributed by atoms with E-state index in [9.17, 15) is 4.39 Å². The zero-order valence-electron chi connectivity index (χ0n) is 10.4. The number of aliphatic imine (C=N–C) groups is 1. The second kappa shape index (κ2) is 5.10. The third kappa shape index (κ3) is 2.57. The Morgan fingerprint density at radius 3 is 2.58 bits per heavy atom. The molecule has 19 heavy (non-hydrogen) atoms. The Kier molecular flexibility index (Phi) is 3.14. The molecule has 1 heterocycles. The molecule has 0 radical (unpaired) electrons. The summed E-state index contributed by atoms with van der Waals surface area (Å²) in [5.41, 5.74) is 2.96. The van der Waals surface area contributed by atoms with Crippen LogP contribution in [0.2, 0.25) is 0 Å². The van der Waals surface area contributed by atoms with Gasteiger partial charge in [-0.25, -0.2) is 4.39 Å². The lowest BCUT2D eigenvalue weighted by atomic mass is 10.0. The van der Waals surface area contributed by atoms with Gasteiger partial charge in [-0.1, -0.05) is 30.3 Å². The number of nitrogens with one attached hydrogen (secondary N) is 2. The standard InChI is InChI=1S/C15H14FN3/c16-12-7-5-11(6-8-12)13-3-1-2-4-14(13)19-15-17-9-10-18-15/h1-8H,9-10H2,(H2,17,18,19). The first-order valence-corrected chi connectivity index (χ1v) is 6.23. The van der Waals surface area contributed by atoms with Crippen LogP contribution in [0.4, 0.5) is 10.1 Å². The zero-order valence-corrected chi connectivity index (χ0v) is 10.4. The second-order valence-corrected chi connectivity index (χ2v) is 4.33. The number of anilines is 1. The molecule has 0 aromatic heterocycles. The van der Waals surface area contributed by atoms with E-state index in [-0.39, 0.29) is 5.82 Å². The molecule has 4 heteroatoms. The van der Waals surface area contributed by atoms with E-state index in [0.29, 0.717) is 0 Å². The monoisotopic (exact) mass is 255 g/mol. The normalized spacial score (nSPS) is 13.8. The first kappa shape index (κ1) is 11.7. The Balaban J connectivity index is 1.94. The highest BCUT2D eigenvalue weighted by atomic mass is 19.1. The van der Waals surface area contributed by atoms with Gasteiger partial charge in [-0.05, 0) is 23.8 Å². The average molecular weight is 255 g/mol. The highest BCUT2D eigenvalue weighted by Gasteiger charge is 2.09. The van der Waals surface area contributed by atoms with Gasteiger partial charge in [0.2, 0.25) is 0 Å². The molecule has 2 N–H and O–H groups in total. The maximum absolute atomic E-state index is 13.0. The number of hydrogen-bond acceptors (Lipinski definition) is 3. The van der Waals surface area contributed by atoms with Crippen LogP contribution in [0.15, 0.2) is 53.5 Å². The van der Waals surface area contributed by atoms with Crippen LogP contribution in [-0.2, 0) is 0 Å². The molecule has 0 bridgehead atoms. The second-order valence-electron chi connectivity index (χ2n) is 4.33. The summed E-state index contributed by atoms with van der Waals surface area (Å²) in [4.78, 5) is 4.31. The van der Waals surface area contributed by atoms with Gasteiger partial charge in [-0.15, -0.1) is 0 Å². The average Bonchev–Trinajstić information content (AvgIpc) is 2.93. The Labute approximate surface area is 111 Å². The third-order valence-electron chi connectivity index (χ3n) is 3.01. The van der Waals surface area contributed by atoms with E-state index in [1.807, 2.05) is 24.3 Å². The maximum Gasteiger partial charge on any atom is 0.195 e. The minimum Gasteiger partial charge on any atom is -0.354 e. The SMILES string of the molecule is Fc1ccc(-c2ccccc2NC2=NCCN2)cc1. The Bertz CT molecular complexity index is 605. The predicted octanol–water partition coefficient (Wildman–Crippen LogP) is 2.86. The van der Waals surface area contributed by atoms with E-state index in [4.69, 9.17) is 0 Å². The van der Waals surface area contributed by atoms with Crippen molar-refractivity contribution in [3.8, 4) is 11.1 Å². The summed E-state index contributed by atoms with van der Waals surface area (Å²) in [6.45, 7) is 1.65. The van der Waals surface area contributed by atoms with Crippen molar-refractivity contribution in [2.45, 2.75) is 0 Å². The van der Waals surface area contributed by atoms with Gasteiger partial charge in [-0.2, -0.15) is 0 Å². The maximum atomic E-state index is 13.0. The molecule has 96 valence electrons. The van der Waals surface area contributed by atoms with E-state index in [0.717, 1.165) is 35.9 Å². The molecule has 3 nitrogen and oxygen atoms in total. The Hall–Kier alpha value is -2.36. The minimum atomic E-state index is -0.226. The molecule has 1 aliphatic rings. The fourth-order valence-electron chi connectivity index (χ4n) is 2.08. The van der Waals surface area contributed by atoms with Crippen molar-refractivity contribution in [1.82, 2.24) is 5.32 Å². The summed E-state index contributed by atoms with van der Waals surface area (Å²) < 4.78 is 13.0. The van der Waals surface area contributed by atoms with Gasteiger partial charge in [0, 0.05) is 17.8 Å². The van der Waals surface area contributed by atoms with Crippen LogP contribution in [0.25, 0.3) is 11.1 Å². The first-order valence-electron chi connectivity index (χ1n) is 6.23. The van der Waals surface area contributed by atoms with Crippen LogP contribution in [-0.4, -0.2) is 19.0 Å². The highest BCUT2D eigenvalue weighted by molar-refractivity contribution is 5.98. The van der Waals surface area contributed by atoms with Gasteiger partial charge < -0.3 is 10.6 Å². The number of benzene rings is 2. The van der Waals surface area contributed by atoms with E-state index < -0.39 is 0 Å². The van der Waals surface area contributed by atoms with Crippen LogP contribution in [0.1, 0.15) is 0 Å². The largest absolute Gasteiger partial charge is 0.354 e. The summed E-state index contributed by atoms with van der Waals surface area (Å²) >= 11 is 0. The minimum absolute atomic E-state index is 0.226. The molecule has 0 saturated heterocycles. The fraction of sp³-hybridized carbons (Fsp3) is 0.133. The van der Waals surface area contributed by atoms with Crippen LogP contribution < -0.4 is 10.6 Å². The molecule has 3 rings (SSSR count). The number of nitrogens with zero attached hydrogens (tertiary/aromatic N) is 1. The van der Waals surface area contributed by atoms with Crippen molar-refractivity contribution in [1.29, 1.82) is 0 Å². The fourth-order valence-corrected chi connectivity index (χ4v) is 2.08. The molecule has 0 fully saturated rings. The molecule has 0 unspecified atom stereocenters. The number of guanidine groups is 1. The summed E-state index contributed by atoms with van der Waals surface area (Å²) in [5, 5.41) is 6.44. The predicted molar refractivity (Wildman–Crippen MR) is 75.8 cm³/mol. The van der Waals surface area contributed by atoms with Gasteiger partial charge >= 0.3 is 0 Å². The van der Waals surface area contributed by atoms with Crippen LogP contribution >= 0.6 is 0 Å². The smallest absolute Gasteiger partial charge is 0.195 e. The Morgan fingerprint density at radius 1 is 1.05 bits per heavy atom. The van der Waals surface area contributed by atoms with E-state index in [2.05, 4.69) is 15.6 Å². The van der Waals surface area contributed by atoms with Crippen LogP contribution in [0.5, 0.6) is 0 Å². The summed E-state index contributed by atoms with van der Waals surface area (Å²) in [6.07, 6.45) is 0.